The summed E-state index contributed by atoms with van der Waals surface area (Å²) in [7, 11) is -4.15. The predicted molar refractivity (Wildman–Crippen MR) is 161 cm³/mol. The Hall–Kier alpha value is -3.36. The van der Waals surface area contributed by atoms with E-state index in [9.17, 15) is 18.0 Å². The molecule has 0 bridgehead atoms. The van der Waals surface area contributed by atoms with Gasteiger partial charge in [0.25, 0.3) is 10.0 Å². The van der Waals surface area contributed by atoms with Gasteiger partial charge in [0.2, 0.25) is 11.8 Å². The number of hydrogen-bond acceptors (Lipinski definition) is 4. The highest BCUT2D eigenvalue weighted by Gasteiger charge is 2.33. The Balaban J connectivity index is 2.06. The van der Waals surface area contributed by atoms with Crippen molar-refractivity contribution in [3.63, 3.8) is 0 Å². The molecule has 0 aliphatic rings. The number of sulfonamides is 1. The fraction of sp³-hybridized carbons (Fsp3) is 0.355. The summed E-state index contributed by atoms with van der Waals surface area (Å²) in [6.07, 6.45) is 0.740. The summed E-state index contributed by atoms with van der Waals surface area (Å²) in [5.41, 5.74) is 4.08. The quantitative estimate of drug-likeness (QED) is 0.309. The number of benzene rings is 3. The standard InChI is InChI=1S/C31H38ClN3O4S/c1-7-24(5)33-31(37)25(6)34(19-26-11-9-8-10-22(26)3)30(36)20-35(28-15-12-21(2)23(4)18-28)40(38,39)29-16-13-27(32)14-17-29/h8-18,24-25H,7,19-20H2,1-6H3,(H,33,37)/t24-,25-/m1/s1. The highest BCUT2D eigenvalue weighted by atomic mass is 35.5. The number of halogens is 1. The maximum absolute atomic E-state index is 14.0. The predicted octanol–water partition coefficient (Wildman–Crippen LogP) is 5.79. The van der Waals surface area contributed by atoms with Crippen molar-refractivity contribution in [2.75, 3.05) is 10.8 Å². The van der Waals surface area contributed by atoms with Gasteiger partial charge in [0.15, 0.2) is 0 Å². The average molecular weight is 584 g/mol. The van der Waals surface area contributed by atoms with Crippen molar-refractivity contribution in [1.82, 2.24) is 10.2 Å². The third kappa shape index (κ3) is 7.43. The van der Waals surface area contributed by atoms with Crippen molar-refractivity contribution < 1.29 is 18.0 Å². The van der Waals surface area contributed by atoms with E-state index < -0.39 is 28.5 Å². The zero-order valence-corrected chi connectivity index (χ0v) is 25.5. The molecule has 3 aromatic carbocycles. The molecule has 1 N–H and O–H groups in total. The first-order valence-corrected chi connectivity index (χ1v) is 15.2. The van der Waals surface area contributed by atoms with Crippen molar-refractivity contribution in [2.45, 2.75) is 71.5 Å². The highest BCUT2D eigenvalue weighted by molar-refractivity contribution is 7.92. The molecular formula is C31H38ClN3O4S. The van der Waals surface area contributed by atoms with Gasteiger partial charge in [-0.2, -0.15) is 0 Å². The van der Waals surface area contributed by atoms with Gasteiger partial charge >= 0.3 is 0 Å². The molecule has 3 rings (SSSR count). The number of hydrogen-bond donors (Lipinski definition) is 1. The molecule has 7 nitrogen and oxygen atoms in total. The lowest BCUT2D eigenvalue weighted by molar-refractivity contribution is -0.139. The minimum Gasteiger partial charge on any atom is -0.352 e. The summed E-state index contributed by atoms with van der Waals surface area (Å²) in [5, 5.41) is 3.35. The number of rotatable bonds is 11. The number of carbonyl (C=O) groups is 2. The van der Waals surface area contributed by atoms with Crippen LogP contribution in [0.25, 0.3) is 0 Å². The molecule has 0 spiro atoms. The van der Waals surface area contributed by atoms with E-state index in [1.165, 1.54) is 29.2 Å². The van der Waals surface area contributed by atoms with Gasteiger partial charge in [0, 0.05) is 17.6 Å². The summed E-state index contributed by atoms with van der Waals surface area (Å²) >= 11 is 6.02. The van der Waals surface area contributed by atoms with Gasteiger partial charge in [0.05, 0.1) is 10.6 Å². The number of aryl methyl sites for hydroxylation is 3. The van der Waals surface area contributed by atoms with Crippen LogP contribution in [0.2, 0.25) is 5.02 Å². The Morgan fingerprint density at radius 1 is 0.900 bits per heavy atom. The van der Waals surface area contributed by atoms with E-state index in [1.54, 1.807) is 19.1 Å². The molecule has 0 saturated heterocycles. The first-order valence-electron chi connectivity index (χ1n) is 13.3. The monoisotopic (exact) mass is 583 g/mol. The van der Waals surface area contributed by atoms with Crippen LogP contribution in [0.15, 0.2) is 71.6 Å². The topological polar surface area (TPSA) is 86.8 Å². The molecule has 214 valence electrons. The summed E-state index contributed by atoms with van der Waals surface area (Å²) in [6, 6.07) is 17.8. The molecule has 0 unspecified atom stereocenters. The van der Waals surface area contributed by atoms with Crippen molar-refractivity contribution >= 4 is 39.1 Å². The van der Waals surface area contributed by atoms with E-state index in [0.717, 1.165) is 33.0 Å². The van der Waals surface area contributed by atoms with Crippen LogP contribution in [0.3, 0.4) is 0 Å². The Morgan fingerprint density at radius 3 is 2.15 bits per heavy atom. The first kappa shape index (κ1) is 31.2. The molecule has 2 atom stereocenters. The van der Waals surface area contributed by atoms with Crippen LogP contribution in [-0.4, -0.2) is 43.8 Å². The minimum atomic E-state index is -4.15. The van der Waals surface area contributed by atoms with Gasteiger partial charge < -0.3 is 10.2 Å². The van der Waals surface area contributed by atoms with E-state index in [1.807, 2.05) is 65.0 Å². The van der Waals surface area contributed by atoms with Gasteiger partial charge in [0.1, 0.15) is 12.6 Å². The first-order chi connectivity index (χ1) is 18.8. The molecule has 9 heteroatoms. The van der Waals surface area contributed by atoms with E-state index in [0.29, 0.717) is 10.7 Å². The van der Waals surface area contributed by atoms with Crippen LogP contribution < -0.4 is 9.62 Å². The number of carbonyl (C=O) groups excluding carboxylic acids is 2. The lowest BCUT2D eigenvalue weighted by Crippen LogP contribution is -2.52. The zero-order chi connectivity index (χ0) is 29.6. The van der Waals surface area contributed by atoms with Crippen LogP contribution in [-0.2, 0) is 26.2 Å². The third-order valence-corrected chi connectivity index (χ3v) is 9.27. The Morgan fingerprint density at radius 2 is 1.55 bits per heavy atom. The highest BCUT2D eigenvalue weighted by Crippen LogP contribution is 2.27. The Kier molecular flexibility index (Phi) is 10.4. The van der Waals surface area contributed by atoms with Crippen LogP contribution in [0.4, 0.5) is 5.69 Å². The number of nitrogens with zero attached hydrogens (tertiary/aromatic N) is 2. The molecular weight excluding hydrogens is 546 g/mol. The maximum atomic E-state index is 14.0. The second-order valence-corrected chi connectivity index (χ2v) is 12.5. The van der Waals surface area contributed by atoms with Gasteiger partial charge in [-0.3, -0.25) is 13.9 Å². The number of anilines is 1. The smallest absolute Gasteiger partial charge is 0.264 e. The lowest BCUT2D eigenvalue weighted by atomic mass is 10.1. The average Bonchev–Trinajstić information content (AvgIpc) is 2.92. The lowest BCUT2D eigenvalue weighted by Gasteiger charge is -2.33. The number of amides is 2. The number of nitrogens with one attached hydrogen (secondary N) is 1. The van der Waals surface area contributed by atoms with Crippen LogP contribution in [0, 0.1) is 20.8 Å². The summed E-state index contributed by atoms with van der Waals surface area (Å²) < 4.78 is 29.0. The molecule has 0 aromatic heterocycles. The van der Waals surface area contributed by atoms with E-state index in [2.05, 4.69) is 5.32 Å². The summed E-state index contributed by atoms with van der Waals surface area (Å²) in [6.45, 7) is 11.0. The van der Waals surface area contributed by atoms with Gasteiger partial charge in [-0.05, 0) is 99.7 Å². The fourth-order valence-corrected chi connectivity index (χ4v) is 5.69. The van der Waals surface area contributed by atoms with Crippen molar-refractivity contribution in [1.29, 1.82) is 0 Å². The van der Waals surface area contributed by atoms with Crippen LogP contribution in [0.1, 0.15) is 49.4 Å². The molecule has 0 radical (unpaired) electrons. The summed E-state index contributed by atoms with van der Waals surface area (Å²) in [5.74, 6) is -0.791. The van der Waals surface area contributed by atoms with Crippen LogP contribution >= 0.6 is 11.6 Å². The molecule has 0 saturated carbocycles. The third-order valence-electron chi connectivity index (χ3n) is 7.23. The largest absolute Gasteiger partial charge is 0.352 e. The maximum Gasteiger partial charge on any atom is 0.264 e. The zero-order valence-electron chi connectivity index (χ0n) is 23.9. The SMILES string of the molecule is CC[C@@H](C)NC(=O)[C@@H](C)N(Cc1ccccc1C)C(=O)CN(c1ccc(C)c(C)c1)S(=O)(=O)c1ccc(Cl)cc1. The molecule has 2 amide bonds. The van der Waals surface area contributed by atoms with Crippen molar-refractivity contribution in [2.24, 2.45) is 0 Å². The second-order valence-electron chi connectivity index (χ2n) is 10.2. The van der Waals surface area contributed by atoms with Gasteiger partial charge in [-0.1, -0.05) is 48.9 Å². The minimum absolute atomic E-state index is 0.0101. The van der Waals surface area contributed by atoms with Gasteiger partial charge in [-0.15, -0.1) is 0 Å². The molecule has 3 aromatic rings. The Bertz CT molecular complexity index is 1460. The van der Waals surface area contributed by atoms with Crippen molar-refractivity contribution in [3.8, 4) is 0 Å². The molecule has 0 heterocycles. The molecule has 40 heavy (non-hydrogen) atoms. The van der Waals surface area contributed by atoms with E-state index in [-0.39, 0.29) is 23.4 Å². The normalized spacial score (nSPS) is 12.9. The van der Waals surface area contributed by atoms with Crippen molar-refractivity contribution in [3.05, 3.63) is 94.0 Å². The van der Waals surface area contributed by atoms with Crippen LogP contribution in [0.5, 0.6) is 0 Å². The van der Waals surface area contributed by atoms with E-state index in [4.69, 9.17) is 11.6 Å². The fourth-order valence-electron chi connectivity index (χ4n) is 4.16. The molecule has 0 aliphatic carbocycles. The van der Waals surface area contributed by atoms with E-state index >= 15 is 0 Å². The van der Waals surface area contributed by atoms with Gasteiger partial charge in [-0.25, -0.2) is 8.42 Å². The summed E-state index contributed by atoms with van der Waals surface area (Å²) in [4.78, 5) is 28.7. The second kappa shape index (κ2) is 13.3. The molecule has 0 fully saturated rings. The Labute approximate surface area is 243 Å². The molecule has 0 aliphatic heterocycles.